The van der Waals surface area contributed by atoms with Crippen molar-refractivity contribution in [2.45, 2.75) is 37.8 Å². The molecule has 1 aromatic heterocycles. The average Bonchev–Trinajstić information content (AvgIpc) is 3.35. The van der Waals surface area contributed by atoms with E-state index in [0.717, 1.165) is 25.1 Å². The number of hydrogen-bond acceptors (Lipinski definition) is 6. The number of hydrogen-bond donors (Lipinski definition) is 1. The molecule has 7 nitrogen and oxygen atoms in total. The van der Waals surface area contributed by atoms with Crippen molar-refractivity contribution in [3.05, 3.63) is 42.0 Å². The van der Waals surface area contributed by atoms with E-state index in [0.29, 0.717) is 18.8 Å². The first-order chi connectivity index (χ1) is 12.1. The van der Waals surface area contributed by atoms with Gasteiger partial charge in [-0.05, 0) is 31.9 Å². The third-order valence-electron chi connectivity index (χ3n) is 5.11. The molecule has 2 fully saturated rings. The van der Waals surface area contributed by atoms with Gasteiger partial charge < -0.3 is 19.4 Å². The molecule has 0 saturated carbocycles. The molecule has 2 aromatic rings. The van der Waals surface area contributed by atoms with Gasteiger partial charge in [-0.15, -0.1) is 0 Å². The quantitative estimate of drug-likeness (QED) is 0.909. The third kappa shape index (κ3) is 2.89. The molecule has 2 aliphatic heterocycles. The highest BCUT2D eigenvalue weighted by Gasteiger charge is 2.46. The van der Waals surface area contributed by atoms with E-state index >= 15 is 0 Å². The van der Waals surface area contributed by atoms with Gasteiger partial charge in [-0.2, -0.15) is 4.98 Å². The SMILES string of the molecule is Cc1noc([C@@]2(O)CCN(C(=O)[C@H]3CCCN3c3ccccc3)C2)n1. The monoisotopic (exact) mass is 342 g/mol. The summed E-state index contributed by atoms with van der Waals surface area (Å²) in [5.41, 5.74) is -0.173. The highest BCUT2D eigenvalue weighted by molar-refractivity contribution is 5.86. The zero-order chi connectivity index (χ0) is 17.4. The maximum atomic E-state index is 13.1. The minimum Gasteiger partial charge on any atom is -0.378 e. The van der Waals surface area contributed by atoms with Crippen LogP contribution in [0.3, 0.4) is 0 Å². The number of aliphatic hydroxyl groups is 1. The summed E-state index contributed by atoms with van der Waals surface area (Å²) in [5, 5.41) is 14.6. The van der Waals surface area contributed by atoms with Gasteiger partial charge in [0.25, 0.3) is 5.89 Å². The first kappa shape index (κ1) is 16.1. The van der Waals surface area contributed by atoms with Gasteiger partial charge in [0.15, 0.2) is 11.4 Å². The number of anilines is 1. The molecule has 3 heterocycles. The molecule has 2 aliphatic rings. The second-order valence-corrected chi connectivity index (χ2v) is 6.88. The van der Waals surface area contributed by atoms with E-state index in [-0.39, 0.29) is 24.4 Å². The van der Waals surface area contributed by atoms with Crippen LogP contribution in [0.2, 0.25) is 0 Å². The normalized spacial score (nSPS) is 26.4. The molecule has 4 rings (SSSR count). The third-order valence-corrected chi connectivity index (χ3v) is 5.11. The molecule has 1 amide bonds. The molecule has 0 spiro atoms. The van der Waals surface area contributed by atoms with Crippen LogP contribution >= 0.6 is 0 Å². The van der Waals surface area contributed by atoms with Crippen LogP contribution in [0.15, 0.2) is 34.9 Å². The fourth-order valence-electron chi connectivity index (χ4n) is 3.81. The molecule has 0 aliphatic carbocycles. The van der Waals surface area contributed by atoms with Gasteiger partial charge in [0.1, 0.15) is 6.04 Å². The Morgan fingerprint density at radius 3 is 2.84 bits per heavy atom. The van der Waals surface area contributed by atoms with E-state index in [9.17, 15) is 9.90 Å². The second-order valence-electron chi connectivity index (χ2n) is 6.88. The van der Waals surface area contributed by atoms with Gasteiger partial charge >= 0.3 is 0 Å². The molecule has 1 N–H and O–H groups in total. The number of nitrogens with zero attached hydrogens (tertiary/aromatic N) is 4. The number of carbonyl (C=O) groups is 1. The van der Waals surface area contributed by atoms with Crippen LogP contribution in [-0.2, 0) is 10.4 Å². The molecule has 0 bridgehead atoms. The number of rotatable bonds is 3. The number of likely N-dealkylation sites (tertiary alicyclic amines) is 1. The fourth-order valence-corrected chi connectivity index (χ4v) is 3.81. The number of para-hydroxylation sites is 1. The van der Waals surface area contributed by atoms with Crippen molar-refractivity contribution >= 4 is 11.6 Å². The van der Waals surface area contributed by atoms with Crippen LogP contribution in [-0.4, -0.2) is 51.7 Å². The van der Waals surface area contributed by atoms with Gasteiger partial charge in [-0.25, -0.2) is 0 Å². The average molecular weight is 342 g/mol. The van der Waals surface area contributed by atoms with Crippen molar-refractivity contribution in [2.24, 2.45) is 0 Å². The highest BCUT2D eigenvalue weighted by Crippen LogP contribution is 2.33. The molecule has 2 saturated heterocycles. The van der Waals surface area contributed by atoms with Gasteiger partial charge in [0, 0.05) is 25.2 Å². The lowest BCUT2D eigenvalue weighted by Gasteiger charge is -2.29. The van der Waals surface area contributed by atoms with Crippen LogP contribution in [0.1, 0.15) is 31.0 Å². The van der Waals surface area contributed by atoms with Crippen LogP contribution in [0.25, 0.3) is 0 Å². The Morgan fingerprint density at radius 2 is 2.12 bits per heavy atom. The lowest BCUT2D eigenvalue weighted by molar-refractivity contribution is -0.132. The molecule has 0 radical (unpaired) electrons. The zero-order valence-electron chi connectivity index (χ0n) is 14.3. The minimum atomic E-state index is -1.24. The summed E-state index contributed by atoms with van der Waals surface area (Å²) in [6, 6.07) is 9.85. The van der Waals surface area contributed by atoms with Crippen molar-refractivity contribution in [3.63, 3.8) is 0 Å². The molecule has 132 valence electrons. The van der Waals surface area contributed by atoms with E-state index in [1.807, 2.05) is 30.3 Å². The smallest absolute Gasteiger partial charge is 0.260 e. The van der Waals surface area contributed by atoms with Crippen molar-refractivity contribution in [3.8, 4) is 0 Å². The molecule has 2 atom stereocenters. The number of benzene rings is 1. The summed E-state index contributed by atoms with van der Waals surface area (Å²) in [5.74, 6) is 0.749. The molecule has 25 heavy (non-hydrogen) atoms. The summed E-state index contributed by atoms with van der Waals surface area (Å²) in [4.78, 5) is 21.1. The Labute approximate surface area is 146 Å². The Kier molecular flexibility index (Phi) is 3.95. The summed E-state index contributed by atoms with van der Waals surface area (Å²) >= 11 is 0. The largest absolute Gasteiger partial charge is 0.378 e. The molecular weight excluding hydrogens is 320 g/mol. The standard InChI is InChI=1S/C18H22N4O3/c1-13-19-17(25-20-13)18(24)9-11-21(12-18)16(23)15-8-5-10-22(15)14-6-3-2-4-7-14/h2-4,6-7,15,24H,5,8-12H2,1H3/t15-,18-/m1/s1. The minimum absolute atomic E-state index is 0.0634. The highest BCUT2D eigenvalue weighted by atomic mass is 16.5. The maximum Gasteiger partial charge on any atom is 0.260 e. The lowest BCUT2D eigenvalue weighted by atomic mass is 10.0. The predicted molar refractivity (Wildman–Crippen MR) is 90.9 cm³/mol. The van der Waals surface area contributed by atoms with Gasteiger partial charge in [0.05, 0.1) is 6.54 Å². The van der Waals surface area contributed by atoms with Crippen LogP contribution in [0.4, 0.5) is 5.69 Å². The van der Waals surface area contributed by atoms with Crippen molar-refractivity contribution in [1.82, 2.24) is 15.0 Å². The Morgan fingerprint density at radius 1 is 1.32 bits per heavy atom. The van der Waals surface area contributed by atoms with E-state index < -0.39 is 5.60 Å². The van der Waals surface area contributed by atoms with Crippen LogP contribution < -0.4 is 4.90 Å². The van der Waals surface area contributed by atoms with Crippen molar-refractivity contribution in [1.29, 1.82) is 0 Å². The maximum absolute atomic E-state index is 13.1. The van der Waals surface area contributed by atoms with Crippen LogP contribution in [0.5, 0.6) is 0 Å². The number of aryl methyl sites for hydroxylation is 1. The first-order valence-corrected chi connectivity index (χ1v) is 8.70. The lowest BCUT2D eigenvalue weighted by Crippen LogP contribution is -2.46. The topological polar surface area (TPSA) is 82.7 Å². The fraction of sp³-hybridized carbons (Fsp3) is 0.500. The van der Waals surface area contributed by atoms with E-state index in [4.69, 9.17) is 4.52 Å². The second kappa shape index (κ2) is 6.15. The number of amides is 1. The summed E-state index contributed by atoms with van der Waals surface area (Å²) in [6.45, 7) is 3.29. The van der Waals surface area contributed by atoms with Crippen molar-refractivity contribution in [2.75, 3.05) is 24.5 Å². The van der Waals surface area contributed by atoms with Gasteiger partial charge in [-0.1, -0.05) is 23.4 Å². The first-order valence-electron chi connectivity index (χ1n) is 8.70. The molecular formula is C18H22N4O3. The molecule has 0 unspecified atom stereocenters. The summed E-state index contributed by atoms with van der Waals surface area (Å²) in [7, 11) is 0. The van der Waals surface area contributed by atoms with Gasteiger partial charge in [-0.3, -0.25) is 4.79 Å². The van der Waals surface area contributed by atoms with E-state index in [1.54, 1.807) is 11.8 Å². The number of β-amino-alcohol motifs (C(OH)–C–C–N with tert-alkyl or cyclic N) is 1. The van der Waals surface area contributed by atoms with E-state index in [1.165, 1.54) is 0 Å². The van der Waals surface area contributed by atoms with E-state index in [2.05, 4.69) is 15.0 Å². The molecule has 1 aromatic carbocycles. The Bertz CT molecular complexity index is 763. The Hall–Kier alpha value is -2.41. The van der Waals surface area contributed by atoms with Gasteiger partial charge in [0.2, 0.25) is 5.91 Å². The van der Waals surface area contributed by atoms with Crippen molar-refractivity contribution < 1.29 is 14.4 Å². The number of aromatic nitrogens is 2. The Balaban J connectivity index is 1.50. The summed E-state index contributed by atoms with van der Waals surface area (Å²) in [6.07, 6.45) is 2.24. The zero-order valence-corrected chi connectivity index (χ0v) is 14.3. The summed E-state index contributed by atoms with van der Waals surface area (Å²) < 4.78 is 5.14. The van der Waals surface area contributed by atoms with Crippen LogP contribution in [0, 0.1) is 6.92 Å². The molecule has 7 heteroatoms. The predicted octanol–water partition coefficient (Wildman–Crippen LogP) is 1.47. The number of carbonyl (C=O) groups excluding carboxylic acids is 1.